The van der Waals surface area contributed by atoms with Crippen LogP contribution in [0.2, 0.25) is 0 Å². The van der Waals surface area contributed by atoms with Gasteiger partial charge in [-0.25, -0.2) is 0 Å². The molecule has 0 saturated heterocycles. The third-order valence-corrected chi connectivity index (χ3v) is 10.0. The number of hydrogen-bond donors (Lipinski definition) is 0. The molecule has 0 heterocycles. The summed E-state index contributed by atoms with van der Waals surface area (Å²) in [5, 5.41) is 0. The van der Waals surface area contributed by atoms with Crippen molar-refractivity contribution in [3.05, 3.63) is 72.9 Å². The molecular weight excluding hydrogens is 721 g/mol. The third-order valence-electron chi connectivity index (χ3n) is 10.0. The molecule has 0 aliphatic carbocycles. The van der Waals surface area contributed by atoms with E-state index in [0.717, 1.165) is 77.0 Å². The Morgan fingerprint density at radius 3 is 1.17 bits per heavy atom. The maximum Gasteiger partial charge on any atom is 0.306 e. The molecule has 332 valence electrons. The molecule has 0 aliphatic rings. The molecule has 6 nitrogen and oxygen atoms in total. The predicted octanol–water partition coefficient (Wildman–Crippen LogP) is 15.5. The maximum absolute atomic E-state index is 12.7. The van der Waals surface area contributed by atoms with Gasteiger partial charge in [0.2, 0.25) is 0 Å². The lowest BCUT2D eigenvalue weighted by Gasteiger charge is -2.18. The second kappa shape index (κ2) is 46.5. The second-order valence-corrected chi connectivity index (χ2v) is 15.8. The zero-order valence-electron chi connectivity index (χ0n) is 37.8. The number of hydrogen-bond acceptors (Lipinski definition) is 6. The first-order chi connectivity index (χ1) is 28.5. The first-order valence-corrected chi connectivity index (χ1v) is 24.0. The van der Waals surface area contributed by atoms with E-state index in [1.54, 1.807) is 0 Å². The van der Waals surface area contributed by atoms with E-state index in [0.29, 0.717) is 25.7 Å². The number of allylic oxidation sites excluding steroid dienone is 12. The first kappa shape index (κ1) is 54.9. The molecule has 0 fully saturated rings. The summed E-state index contributed by atoms with van der Waals surface area (Å²) < 4.78 is 16.7. The van der Waals surface area contributed by atoms with Gasteiger partial charge in [0.05, 0.1) is 0 Å². The van der Waals surface area contributed by atoms with Crippen LogP contribution in [-0.2, 0) is 28.6 Å². The highest BCUT2D eigenvalue weighted by Crippen LogP contribution is 2.14. The summed E-state index contributed by atoms with van der Waals surface area (Å²) in [4.78, 5) is 37.7. The smallest absolute Gasteiger partial charge is 0.306 e. The van der Waals surface area contributed by atoms with Crippen LogP contribution in [0.3, 0.4) is 0 Å². The van der Waals surface area contributed by atoms with Gasteiger partial charge in [-0.15, -0.1) is 0 Å². The minimum atomic E-state index is -0.793. The van der Waals surface area contributed by atoms with E-state index >= 15 is 0 Å². The Hall–Kier alpha value is -3.15. The lowest BCUT2D eigenvalue weighted by molar-refractivity contribution is -0.167. The number of carbonyl (C=O) groups excluding carboxylic acids is 3. The number of carbonyl (C=O) groups is 3. The van der Waals surface area contributed by atoms with E-state index in [9.17, 15) is 14.4 Å². The molecule has 0 saturated carbocycles. The lowest BCUT2D eigenvalue weighted by atomic mass is 10.0. The molecule has 1 atom stereocenters. The molecule has 0 bridgehead atoms. The largest absolute Gasteiger partial charge is 0.462 e. The molecule has 1 unspecified atom stereocenters. The van der Waals surface area contributed by atoms with Crippen LogP contribution < -0.4 is 0 Å². The summed E-state index contributed by atoms with van der Waals surface area (Å²) in [6, 6.07) is 0. The molecule has 0 rings (SSSR count). The number of rotatable bonds is 42. The molecular formula is C52H88O6. The first-order valence-electron chi connectivity index (χ1n) is 24.0. The molecule has 0 N–H and O–H groups in total. The van der Waals surface area contributed by atoms with E-state index in [2.05, 4.69) is 69.4 Å². The average Bonchev–Trinajstić information content (AvgIpc) is 3.22. The summed E-state index contributed by atoms with van der Waals surface area (Å²) in [6.07, 6.45) is 57.4. The average molecular weight is 809 g/mol. The van der Waals surface area contributed by atoms with Gasteiger partial charge in [-0.2, -0.15) is 0 Å². The number of unbranched alkanes of at least 4 members (excludes halogenated alkanes) is 23. The summed E-state index contributed by atoms with van der Waals surface area (Å²) >= 11 is 0. The van der Waals surface area contributed by atoms with Gasteiger partial charge in [-0.3, -0.25) is 14.4 Å². The Bertz CT molecular complexity index is 1110. The Morgan fingerprint density at radius 1 is 0.345 bits per heavy atom. The summed E-state index contributed by atoms with van der Waals surface area (Å²) in [7, 11) is 0. The van der Waals surface area contributed by atoms with Crippen LogP contribution in [0, 0.1) is 0 Å². The second-order valence-electron chi connectivity index (χ2n) is 15.8. The van der Waals surface area contributed by atoms with Crippen LogP contribution in [0.25, 0.3) is 0 Å². The fourth-order valence-corrected chi connectivity index (χ4v) is 6.42. The van der Waals surface area contributed by atoms with Crippen LogP contribution >= 0.6 is 0 Å². The van der Waals surface area contributed by atoms with Crippen LogP contribution in [0.4, 0.5) is 0 Å². The molecule has 6 heteroatoms. The summed E-state index contributed by atoms with van der Waals surface area (Å²) in [6.45, 7) is 6.46. The van der Waals surface area contributed by atoms with Crippen LogP contribution in [0.1, 0.15) is 220 Å². The van der Waals surface area contributed by atoms with Crippen LogP contribution in [0.15, 0.2) is 72.9 Å². The molecule has 0 aliphatic heterocycles. The van der Waals surface area contributed by atoms with Crippen molar-refractivity contribution in [1.82, 2.24) is 0 Å². The van der Waals surface area contributed by atoms with E-state index in [1.165, 1.54) is 96.3 Å². The van der Waals surface area contributed by atoms with Gasteiger partial charge in [0.15, 0.2) is 6.10 Å². The van der Waals surface area contributed by atoms with Gasteiger partial charge in [0, 0.05) is 19.3 Å². The van der Waals surface area contributed by atoms with Crippen molar-refractivity contribution in [1.29, 1.82) is 0 Å². The maximum atomic E-state index is 12.7. The predicted molar refractivity (Wildman–Crippen MR) is 247 cm³/mol. The van der Waals surface area contributed by atoms with Crippen molar-refractivity contribution in [3.8, 4) is 0 Å². The Morgan fingerprint density at radius 2 is 0.690 bits per heavy atom. The highest BCUT2D eigenvalue weighted by molar-refractivity contribution is 5.71. The van der Waals surface area contributed by atoms with Crippen LogP contribution in [-0.4, -0.2) is 37.2 Å². The standard InChI is InChI=1S/C52H88O6/c1-4-7-10-13-16-19-21-23-24-25-26-27-29-30-33-36-39-42-45-51(54)57-48-49(47-56-50(53)44-41-38-35-32-18-15-12-9-6-3)58-52(55)46-43-40-37-34-31-28-22-20-17-14-11-8-5-2/h10,13,16,19,21,23-27,32,35,49H,4-9,11-12,14-15,17-18,20,22,28-31,33-34,36-48H2,1-3H3/b13-10-,19-16-,23-21-,25-24-,27-26-,35-32-. The van der Waals surface area contributed by atoms with E-state index in [4.69, 9.17) is 14.2 Å². The van der Waals surface area contributed by atoms with Crippen LogP contribution in [0.5, 0.6) is 0 Å². The van der Waals surface area contributed by atoms with Crippen molar-refractivity contribution in [2.24, 2.45) is 0 Å². The Kier molecular flexibility index (Phi) is 44.0. The van der Waals surface area contributed by atoms with Crippen molar-refractivity contribution in [3.63, 3.8) is 0 Å². The van der Waals surface area contributed by atoms with Gasteiger partial charge >= 0.3 is 17.9 Å². The summed E-state index contributed by atoms with van der Waals surface area (Å²) in [5.41, 5.74) is 0. The minimum absolute atomic E-state index is 0.0963. The van der Waals surface area contributed by atoms with Crippen molar-refractivity contribution in [2.45, 2.75) is 226 Å². The zero-order valence-corrected chi connectivity index (χ0v) is 37.8. The third kappa shape index (κ3) is 44.0. The number of ether oxygens (including phenoxy) is 3. The van der Waals surface area contributed by atoms with Crippen molar-refractivity contribution >= 4 is 17.9 Å². The van der Waals surface area contributed by atoms with Crippen molar-refractivity contribution < 1.29 is 28.6 Å². The topological polar surface area (TPSA) is 78.9 Å². The SMILES string of the molecule is CCC\C=C/C=C\C=C/C=C\C=C/CCCCCCCC(=O)OCC(COC(=O)CCC/C=C\CCCCCC)OC(=O)CCCCCCCCCCCCCCC. The van der Waals surface area contributed by atoms with Gasteiger partial charge in [0.25, 0.3) is 0 Å². The van der Waals surface area contributed by atoms with Gasteiger partial charge in [-0.05, 0) is 57.8 Å². The Labute approximate surface area is 357 Å². The molecule has 0 spiro atoms. The van der Waals surface area contributed by atoms with Gasteiger partial charge < -0.3 is 14.2 Å². The lowest BCUT2D eigenvalue weighted by Crippen LogP contribution is -2.30. The van der Waals surface area contributed by atoms with Gasteiger partial charge in [-0.1, -0.05) is 216 Å². The normalized spacial score (nSPS) is 12.7. The van der Waals surface area contributed by atoms with E-state index in [-0.39, 0.29) is 31.1 Å². The fraction of sp³-hybridized carbons (Fsp3) is 0.712. The van der Waals surface area contributed by atoms with E-state index in [1.807, 2.05) is 24.3 Å². The minimum Gasteiger partial charge on any atom is -0.462 e. The van der Waals surface area contributed by atoms with Crippen molar-refractivity contribution in [2.75, 3.05) is 13.2 Å². The Balaban J connectivity index is 4.41. The molecule has 0 aromatic rings. The zero-order chi connectivity index (χ0) is 42.3. The quantitative estimate of drug-likeness (QED) is 0.0201. The molecule has 0 aromatic carbocycles. The molecule has 0 aromatic heterocycles. The molecule has 0 amide bonds. The summed E-state index contributed by atoms with van der Waals surface area (Å²) in [5.74, 6) is -0.956. The van der Waals surface area contributed by atoms with E-state index < -0.39 is 6.10 Å². The van der Waals surface area contributed by atoms with Gasteiger partial charge in [0.1, 0.15) is 13.2 Å². The highest BCUT2D eigenvalue weighted by Gasteiger charge is 2.19. The number of esters is 3. The molecule has 58 heavy (non-hydrogen) atoms. The monoisotopic (exact) mass is 809 g/mol. The molecule has 0 radical (unpaired) electrons. The highest BCUT2D eigenvalue weighted by atomic mass is 16.6. The fourth-order valence-electron chi connectivity index (χ4n) is 6.42.